The van der Waals surface area contributed by atoms with Crippen LogP contribution < -0.4 is 5.32 Å². The molecule has 0 radical (unpaired) electrons. The van der Waals surface area contributed by atoms with Crippen LogP contribution in [0.25, 0.3) is 0 Å². The Labute approximate surface area is 139 Å². The minimum atomic E-state index is 0.254. The van der Waals surface area contributed by atoms with Gasteiger partial charge in [-0.3, -0.25) is 4.79 Å². The summed E-state index contributed by atoms with van der Waals surface area (Å²) in [7, 11) is 1.67. The number of ether oxygens (including phenoxy) is 1. The minimum absolute atomic E-state index is 0.254. The smallest absolute Gasteiger partial charge is 0.222 e. The summed E-state index contributed by atoms with van der Waals surface area (Å²) in [4.78, 5) is 18.0. The Hall–Kier alpha value is -1.99. The number of benzene rings is 1. The van der Waals surface area contributed by atoms with Gasteiger partial charge >= 0.3 is 0 Å². The molecule has 1 aromatic heterocycles. The van der Waals surface area contributed by atoms with Crippen LogP contribution >= 0.6 is 11.5 Å². The summed E-state index contributed by atoms with van der Waals surface area (Å²) < 4.78 is 9.31. The second kappa shape index (κ2) is 7.52. The first-order chi connectivity index (χ1) is 11.2. The quantitative estimate of drug-likeness (QED) is 0.844. The summed E-state index contributed by atoms with van der Waals surface area (Å²) in [5.41, 5.74) is 2.11. The van der Waals surface area contributed by atoms with Crippen molar-refractivity contribution in [2.24, 2.45) is 0 Å². The maximum absolute atomic E-state index is 11.7. The van der Waals surface area contributed by atoms with Crippen molar-refractivity contribution in [1.82, 2.24) is 14.3 Å². The number of aromatic nitrogens is 2. The van der Waals surface area contributed by atoms with Crippen LogP contribution in [0.3, 0.4) is 0 Å². The lowest BCUT2D eigenvalue weighted by Crippen LogP contribution is -2.23. The van der Waals surface area contributed by atoms with E-state index in [4.69, 9.17) is 4.74 Å². The molecule has 0 bridgehead atoms. The number of methoxy groups -OCH3 is 1. The Morgan fingerprint density at radius 3 is 2.87 bits per heavy atom. The van der Waals surface area contributed by atoms with Crippen molar-refractivity contribution in [1.29, 1.82) is 0 Å². The van der Waals surface area contributed by atoms with E-state index in [1.165, 1.54) is 11.5 Å². The van der Waals surface area contributed by atoms with Gasteiger partial charge in [0.15, 0.2) is 0 Å². The molecular weight excluding hydrogens is 312 g/mol. The molecule has 0 atom stereocenters. The Balaban J connectivity index is 1.56. The number of likely N-dealkylation sites (tertiary alicyclic amines) is 1. The summed E-state index contributed by atoms with van der Waals surface area (Å²) in [5, 5.41) is 4.03. The fraction of sp³-hybridized carbons (Fsp3) is 0.438. The van der Waals surface area contributed by atoms with Gasteiger partial charge in [-0.05, 0) is 24.1 Å². The number of hydrogen-bond acceptors (Lipinski definition) is 6. The average molecular weight is 332 g/mol. The Morgan fingerprint density at radius 1 is 1.35 bits per heavy atom. The highest BCUT2D eigenvalue weighted by Gasteiger charge is 2.19. The monoisotopic (exact) mass is 332 g/mol. The molecule has 0 saturated carbocycles. The van der Waals surface area contributed by atoms with Crippen LogP contribution in [-0.4, -0.2) is 40.4 Å². The van der Waals surface area contributed by atoms with Gasteiger partial charge in [-0.25, -0.2) is 4.98 Å². The summed E-state index contributed by atoms with van der Waals surface area (Å²) in [5.74, 6) is 1.05. The minimum Gasteiger partial charge on any atom is -0.384 e. The van der Waals surface area contributed by atoms with Crippen LogP contribution in [0.4, 0.5) is 10.8 Å². The first-order valence-corrected chi connectivity index (χ1v) is 8.47. The van der Waals surface area contributed by atoms with Crippen molar-refractivity contribution in [3.63, 3.8) is 0 Å². The summed E-state index contributed by atoms with van der Waals surface area (Å²) in [6.45, 7) is 2.19. The molecule has 1 N–H and O–H groups in total. The molecule has 122 valence electrons. The van der Waals surface area contributed by atoms with Crippen molar-refractivity contribution in [3.05, 3.63) is 35.7 Å². The maximum Gasteiger partial charge on any atom is 0.222 e. The predicted molar refractivity (Wildman–Crippen MR) is 89.9 cm³/mol. The van der Waals surface area contributed by atoms with E-state index in [0.29, 0.717) is 19.6 Å². The lowest BCUT2D eigenvalue weighted by molar-refractivity contribution is -0.128. The highest BCUT2D eigenvalue weighted by molar-refractivity contribution is 7.09. The first-order valence-electron chi connectivity index (χ1n) is 7.70. The molecule has 1 aliphatic rings. The third-order valence-corrected chi connectivity index (χ3v) is 4.42. The van der Waals surface area contributed by atoms with Gasteiger partial charge in [-0.2, -0.15) is 4.37 Å². The molecule has 1 aliphatic heterocycles. The highest BCUT2D eigenvalue weighted by atomic mass is 32.1. The van der Waals surface area contributed by atoms with Gasteiger partial charge in [0.2, 0.25) is 11.0 Å². The van der Waals surface area contributed by atoms with Crippen LogP contribution in [0.5, 0.6) is 0 Å². The normalized spacial score (nSPS) is 14.5. The average Bonchev–Trinajstić information content (AvgIpc) is 3.17. The van der Waals surface area contributed by atoms with Crippen LogP contribution in [0.2, 0.25) is 0 Å². The van der Waals surface area contributed by atoms with Crippen LogP contribution in [0.15, 0.2) is 24.3 Å². The van der Waals surface area contributed by atoms with Crippen molar-refractivity contribution in [2.75, 3.05) is 25.6 Å². The topological polar surface area (TPSA) is 67.3 Å². The van der Waals surface area contributed by atoms with E-state index < -0.39 is 0 Å². The number of nitrogens with one attached hydrogen (secondary N) is 1. The van der Waals surface area contributed by atoms with Crippen LogP contribution in [0, 0.1) is 0 Å². The maximum atomic E-state index is 11.7. The van der Waals surface area contributed by atoms with Crippen molar-refractivity contribution in [2.45, 2.75) is 25.8 Å². The number of rotatable bonds is 7. The zero-order valence-electron chi connectivity index (χ0n) is 13.1. The second-order valence-corrected chi connectivity index (χ2v) is 6.25. The Kier molecular flexibility index (Phi) is 5.19. The van der Waals surface area contributed by atoms with E-state index in [0.717, 1.165) is 41.6 Å². The van der Waals surface area contributed by atoms with Crippen molar-refractivity contribution < 1.29 is 9.53 Å². The largest absolute Gasteiger partial charge is 0.384 e. The summed E-state index contributed by atoms with van der Waals surface area (Å²) in [6.07, 6.45) is 2.38. The second-order valence-electron chi connectivity index (χ2n) is 5.50. The van der Waals surface area contributed by atoms with Gasteiger partial charge in [0.05, 0.1) is 6.61 Å². The van der Waals surface area contributed by atoms with E-state index in [9.17, 15) is 4.79 Å². The van der Waals surface area contributed by atoms with Gasteiger partial charge in [-0.15, -0.1) is 0 Å². The van der Waals surface area contributed by atoms with Gasteiger partial charge in [-0.1, -0.05) is 12.1 Å². The molecule has 7 heteroatoms. The highest BCUT2D eigenvalue weighted by Crippen LogP contribution is 2.20. The molecule has 0 unspecified atom stereocenters. The fourth-order valence-electron chi connectivity index (χ4n) is 2.51. The molecule has 0 spiro atoms. The summed E-state index contributed by atoms with van der Waals surface area (Å²) >= 11 is 1.34. The standard InChI is InChI=1S/C16H20N4O2S/c1-22-10-8-14-18-16(23-19-14)17-13-6-4-12(5-7-13)11-20-9-2-3-15(20)21/h4-7H,2-3,8-11H2,1H3,(H,17,18,19). The van der Waals surface area contributed by atoms with Crippen LogP contribution in [-0.2, 0) is 22.5 Å². The molecule has 1 fully saturated rings. The van der Waals surface area contributed by atoms with E-state index in [2.05, 4.69) is 14.7 Å². The molecule has 2 aromatic rings. The number of carbonyl (C=O) groups excluding carboxylic acids is 1. The van der Waals surface area contributed by atoms with Crippen molar-refractivity contribution >= 4 is 28.3 Å². The number of hydrogen-bond donors (Lipinski definition) is 1. The zero-order chi connectivity index (χ0) is 16.1. The zero-order valence-corrected chi connectivity index (χ0v) is 13.9. The van der Waals surface area contributed by atoms with Gasteiger partial charge < -0.3 is 15.0 Å². The molecule has 3 rings (SSSR count). The third-order valence-electron chi connectivity index (χ3n) is 3.75. The van der Waals surface area contributed by atoms with E-state index in [1.54, 1.807) is 7.11 Å². The predicted octanol–water partition coefficient (Wildman–Crippen LogP) is 2.59. The lowest BCUT2D eigenvalue weighted by Gasteiger charge is -2.15. The molecule has 6 nitrogen and oxygen atoms in total. The number of nitrogens with zero attached hydrogens (tertiary/aromatic N) is 3. The van der Waals surface area contributed by atoms with E-state index in [-0.39, 0.29) is 5.91 Å². The van der Waals surface area contributed by atoms with Gasteiger partial charge in [0.1, 0.15) is 5.82 Å². The first kappa shape index (κ1) is 15.9. The molecule has 1 saturated heterocycles. The van der Waals surface area contributed by atoms with E-state index >= 15 is 0 Å². The summed E-state index contributed by atoms with van der Waals surface area (Å²) in [6, 6.07) is 8.10. The Bertz CT molecular complexity index is 656. The molecule has 1 amide bonds. The molecular formula is C16H20N4O2S. The number of carbonyl (C=O) groups is 1. The third kappa shape index (κ3) is 4.27. The number of anilines is 2. The number of amides is 1. The van der Waals surface area contributed by atoms with Gasteiger partial charge in [0.25, 0.3) is 0 Å². The lowest BCUT2D eigenvalue weighted by atomic mass is 10.2. The molecule has 23 heavy (non-hydrogen) atoms. The van der Waals surface area contributed by atoms with Gasteiger partial charge in [0, 0.05) is 50.3 Å². The fourth-order valence-corrected chi connectivity index (χ4v) is 3.14. The Morgan fingerprint density at radius 2 is 2.17 bits per heavy atom. The molecule has 0 aliphatic carbocycles. The SMILES string of the molecule is COCCc1nsc(Nc2ccc(CN3CCCC3=O)cc2)n1. The van der Waals surface area contributed by atoms with E-state index in [1.807, 2.05) is 29.2 Å². The van der Waals surface area contributed by atoms with Crippen LogP contribution in [0.1, 0.15) is 24.2 Å². The molecule has 2 heterocycles. The molecule has 1 aromatic carbocycles. The van der Waals surface area contributed by atoms with Crippen molar-refractivity contribution in [3.8, 4) is 0 Å².